The van der Waals surface area contributed by atoms with Crippen molar-refractivity contribution >= 4 is 28.0 Å². The number of esters is 1. The van der Waals surface area contributed by atoms with E-state index in [1.165, 1.54) is 28.9 Å². The SMILES string of the molecule is COC(=O)c1cccc(NCc2cc(=O)n3ccsc3n2)c1C. The molecule has 0 amide bonds. The first kappa shape index (κ1) is 15.2. The van der Waals surface area contributed by atoms with Crippen molar-refractivity contribution in [1.82, 2.24) is 9.38 Å². The van der Waals surface area contributed by atoms with Gasteiger partial charge in [-0.15, -0.1) is 11.3 Å². The summed E-state index contributed by atoms with van der Waals surface area (Å²) >= 11 is 1.41. The number of nitrogens with one attached hydrogen (secondary N) is 1. The highest BCUT2D eigenvalue weighted by Gasteiger charge is 2.12. The minimum Gasteiger partial charge on any atom is -0.465 e. The van der Waals surface area contributed by atoms with Gasteiger partial charge >= 0.3 is 5.97 Å². The van der Waals surface area contributed by atoms with Crippen LogP contribution >= 0.6 is 11.3 Å². The molecule has 6 nitrogen and oxygen atoms in total. The third-order valence-corrected chi connectivity index (χ3v) is 4.31. The van der Waals surface area contributed by atoms with Crippen molar-refractivity contribution in [2.45, 2.75) is 13.5 Å². The molecule has 3 aromatic rings. The van der Waals surface area contributed by atoms with Crippen LogP contribution in [-0.4, -0.2) is 22.5 Å². The number of anilines is 1. The van der Waals surface area contributed by atoms with E-state index in [2.05, 4.69) is 10.3 Å². The van der Waals surface area contributed by atoms with Crippen molar-refractivity contribution in [2.24, 2.45) is 0 Å². The number of ether oxygens (including phenoxy) is 1. The van der Waals surface area contributed by atoms with Crippen molar-refractivity contribution in [3.05, 3.63) is 63.0 Å². The summed E-state index contributed by atoms with van der Waals surface area (Å²) in [5, 5.41) is 5.04. The molecule has 3 rings (SSSR count). The van der Waals surface area contributed by atoms with Crippen LogP contribution < -0.4 is 10.9 Å². The first-order valence-electron chi connectivity index (χ1n) is 6.97. The lowest BCUT2D eigenvalue weighted by Crippen LogP contribution is -2.15. The van der Waals surface area contributed by atoms with Crippen LogP contribution in [0.3, 0.4) is 0 Å². The molecule has 0 radical (unpaired) electrons. The van der Waals surface area contributed by atoms with Crippen LogP contribution in [0, 0.1) is 6.92 Å². The number of fused-ring (bicyclic) bond motifs is 1. The fourth-order valence-electron chi connectivity index (χ4n) is 2.32. The number of methoxy groups -OCH3 is 1. The summed E-state index contributed by atoms with van der Waals surface area (Å²) in [4.78, 5) is 28.8. The highest BCUT2D eigenvalue weighted by molar-refractivity contribution is 7.15. The van der Waals surface area contributed by atoms with Gasteiger partial charge in [0.05, 0.1) is 24.9 Å². The summed E-state index contributed by atoms with van der Waals surface area (Å²) in [7, 11) is 1.36. The molecule has 0 aliphatic carbocycles. The molecule has 0 bridgehead atoms. The van der Waals surface area contributed by atoms with Crippen LogP contribution in [0.2, 0.25) is 0 Å². The predicted molar refractivity (Wildman–Crippen MR) is 89.2 cm³/mol. The monoisotopic (exact) mass is 329 g/mol. The summed E-state index contributed by atoms with van der Waals surface area (Å²) in [5.74, 6) is -0.373. The molecule has 2 heterocycles. The zero-order chi connectivity index (χ0) is 16.4. The van der Waals surface area contributed by atoms with E-state index in [9.17, 15) is 9.59 Å². The quantitative estimate of drug-likeness (QED) is 0.745. The molecular formula is C16H15N3O3S. The zero-order valence-corrected chi connectivity index (χ0v) is 13.5. The third-order valence-electron chi connectivity index (χ3n) is 3.56. The maximum absolute atomic E-state index is 12.0. The highest BCUT2D eigenvalue weighted by Crippen LogP contribution is 2.20. The predicted octanol–water partition coefficient (Wildman–Crippen LogP) is 2.46. The van der Waals surface area contributed by atoms with Gasteiger partial charge in [0.15, 0.2) is 4.96 Å². The first-order valence-corrected chi connectivity index (χ1v) is 7.85. The Bertz CT molecular complexity index is 930. The maximum Gasteiger partial charge on any atom is 0.338 e. The lowest BCUT2D eigenvalue weighted by Gasteiger charge is -2.12. The Hall–Kier alpha value is -2.67. The lowest BCUT2D eigenvalue weighted by atomic mass is 10.1. The number of benzene rings is 1. The first-order chi connectivity index (χ1) is 11.1. The number of nitrogens with zero attached hydrogens (tertiary/aromatic N) is 2. The Balaban J connectivity index is 1.85. The second-order valence-electron chi connectivity index (χ2n) is 4.96. The molecule has 0 aliphatic heterocycles. The summed E-state index contributed by atoms with van der Waals surface area (Å²) in [6, 6.07) is 6.88. The van der Waals surface area contributed by atoms with Crippen molar-refractivity contribution < 1.29 is 9.53 Å². The molecule has 0 saturated heterocycles. The Morgan fingerprint density at radius 2 is 2.26 bits per heavy atom. The number of rotatable bonds is 4. The number of aromatic nitrogens is 2. The zero-order valence-electron chi connectivity index (χ0n) is 12.7. The summed E-state index contributed by atoms with van der Waals surface area (Å²) in [6.45, 7) is 2.24. The molecule has 0 atom stereocenters. The average molecular weight is 329 g/mol. The van der Waals surface area contributed by atoms with E-state index < -0.39 is 0 Å². The van der Waals surface area contributed by atoms with Crippen LogP contribution in [0.25, 0.3) is 4.96 Å². The van der Waals surface area contributed by atoms with Crippen LogP contribution in [0.4, 0.5) is 5.69 Å². The fraction of sp³-hybridized carbons (Fsp3) is 0.188. The molecule has 7 heteroatoms. The van der Waals surface area contributed by atoms with Gasteiger partial charge in [0, 0.05) is 23.3 Å². The number of hydrogen-bond acceptors (Lipinski definition) is 6. The molecule has 0 fully saturated rings. The number of hydrogen-bond donors (Lipinski definition) is 1. The van der Waals surface area contributed by atoms with Gasteiger partial charge in [-0.3, -0.25) is 9.20 Å². The fourth-order valence-corrected chi connectivity index (χ4v) is 3.06. The molecule has 1 aromatic carbocycles. The largest absolute Gasteiger partial charge is 0.465 e. The van der Waals surface area contributed by atoms with Crippen molar-refractivity contribution in [1.29, 1.82) is 0 Å². The molecule has 0 spiro atoms. The minimum atomic E-state index is -0.373. The molecular weight excluding hydrogens is 314 g/mol. The summed E-state index contributed by atoms with van der Waals surface area (Å²) in [5.41, 5.74) is 2.67. The minimum absolute atomic E-state index is 0.104. The van der Waals surface area contributed by atoms with Crippen molar-refractivity contribution in [3.63, 3.8) is 0 Å². The Morgan fingerprint density at radius 1 is 1.43 bits per heavy atom. The maximum atomic E-state index is 12.0. The van der Waals surface area contributed by atoms with Crippen LogP contribution in [0.5, 0.6) is 0 Å². The van der Waals surface area contributed by atoms with Gasteiger partial charge in [0.1, 0.15) is 0 Å². The van der Waals surface area contributed by atoms with Gasteiger partial charge < -0.3 is 10.1 Å². The second kappa shape index (κ2) is 6.21. The molecule has 0 unspecified atom stereocenters. The van der Waals surface area contributed by atoms with Crippen LogP contribution in [0.15, 0.2) is 40.6 Å². The van der Waals surface area contributed by atoms with Crippen molar-refractivity contribution in [3.8, 4) is 0 Å². The van der Waals surface area contributed by atoms with E-state index in [0.29, 0.717) is 22.8 Å². The molecule has 2 aromatic heterocycles. The van der Waals surface area contributed by atoms with E-state index in [1.54, 1.807) is 18.3 Å². The smallest absolute Gasteiger partial charge is 0.338 e. The topological polar surface area (TPSA) is 72.7 Å². The van der Waals surface area contributed by atoms with E-state index in [-0.39, 0.29) is 11.5 Å². The van der Waals surface area contributed by atoms with E-state index >= 15 is 0 Å². The van der Waals surface area contributed by atoms with Gasteiger partial charge in [-0.2, -0.15) is 0 Å². The van der Waals surface area contributed by atoms with Crippen molar-refractivity contribution in [2.75, 3.05) is 12.4 Å². The Labute approximate surface area is 136 Å². The molecule has 118 valence electrons. The van der Waals surface area contributed by atoms with Gasteiger partial charge in [-0.05, 0) is 24.6 Å². The summed E-state index contributed by atoms with van der Waals surface area (Å²) < 4.78 is 6.28. The van der Waals surface area contributed by atoms with Crippen LogP contribution in [0.1, 0.15) is 21.6 Å². The van der Waals surface area contributed by atoms with E-state index in [0.717, 1.165) is 11.3 Å². The van der Waals surface area contributed by atoms with Gasteiger partial charge in [0.2, 0.25) is 0 Å². The number of carbonyl (C=O) groups is 1. The lowest BCUT2D eigenvalue weighted by molar-refractivity contribution is 0.0600. The summed E-state index contributed by atoms with van der Waals surface area (Å²) in [6.07, 6.45) is 1.70. The molecule has 0 saturated carbocycles. The van der Waals surface area contributed by atoms with Gasteiger partial charge in [0.25, 0.3) is 5.56 Å². The third kappa shape index (κ3) is 2.95. The second-order valence-corrected chi connectivity index (χ2v) is 5.84. The normalized spacial score (nSPS) is 10.7. The average Bonchev–Trinajstić information content (AvgIpc) is 3.02. The standard InChI is InChI=1S/C16H15N3O3S/c1-10-12(15(21)22-2)4-3-5-13(10)17-9-11-8-14(20)19-6-7-23-16(19)18-11/h3-8,17H,9H2,1-2H3. The highest BCUT2D eigenvalue weighted by atomic mass is 32.1. The van der Waals surface area contributed by atoms with Crippen LogP contribution in [-0.2, 0) is 11.3 Å². The number of carbonyl (C=O) groups excluding carboxylic acids is 1. The van der Waals surface area contributed by atoms with Gasteiger partial charge in [-0.1, -0.05) is 6.07 Å². The molecule has 0 aliphatic rings. The molecule has 23 heavy (non-hydrogen) atoms. The van der Waals surface area contributed by atoms with Gasteiger partial charge in [-0.25, -0.2) is 9.78 Å². The van der Waals surface area contributed by atoms with E-state index in [1.807, 2.05) is 18.4 Å². The Kier molecular flexibility index (Phi) is 4.12. The van der Waals surface area contributed by atoms with E-state index in [4.69, 9.17) is 4.74 Å². The number of thiazole rings is 1. The Morgan fingerprint density at radius 3 is 3.04 bits per heavy atom. The molecule has 1 N–H and O–H groups in total.